The standard InChI is InChI=1S/C19H14ClN5O/c1-12-22-17(19(26)24-14-8-6-13(11-21)7-9-14)10-18(23-12)25-16-5-3-2-4-15(16)20/h2-10H,1H3,(H,24,26)(H,22,23,25). The van der Waals surface area contributed by atoms with Gasteiger partial charge in [-0.3, -0.25) is 4.79 Å². The number of benzene rings is 2. The second kappa shape index (κ2) is 7.64. The van der Waals surface area contributed by atoms with E-state index in [-0.39, 0.29) is 11.6 Å². The van der Waals surface area contributed by atoms with Gasteiger partial charge in [-0.25, -0.2) is 9.97 Å². The minimum atomic E-state index is -0.373. The topological polar surface area (TPSA) is 90.7 Å². The lowest BCUT2D eigenvalue weighted by Crippen LogP contribution is -2.15. The molecule has 1 aromatic heterocycles. The van der Waals surface area contributed by atoms with Crippen molar-refractivity contribution in [3.8, 4) is 6.07 Å². The number of hydrogen-bond donors (Lipinski definition) is 2. The van der Waals surface area contributed by atoms with E-state index in [0.29, 0.717) is 33.6 Å². The fourth-order valence-electron chi connectivity index (χ4n) is 2.27. The van der Waals surface area contributed by atoms with Crippen molar-refractivity contribution in [1.29, 1.82) is 5.26 Å². The van der Waals surface area contributed by atoms with Crippen molar-refractivity contribution in [2.24, 2.45) is 0 Å². The zero-order valence-corrected chi connectivity index (χ0v) is 14.6. The molecule has 0 radical (unpaired) electrons. The normalized spacial score (nSPS) is 10.0. The van der Waals surface area contributed by atoms with Gasteiger partial charge in [0.05, 0.1) is 22.3 Å². The van der Waals surface area contributed by atoms with Crippen LogP contribution in [0.2, 0.25) is 5.02 Å². The molecule has 2 N–H and O–H groups in total. The van der Waals surface area contributed by atoms with E-state index in [4.69, 9.17) is 16.9 Å². The summed E-state index contributed by atoms with van der Waals surface area (Å²) >= 11 is 6.14. The smallest absolute Gasteiger partial charge is 0.274 e. The average molecular weight is 364 g/mol. The molecule has 1 heterocycles. The van der Waals surface area contributed by atoms with Gasteiger partial charge in [0.25, 0.3) is 5.91 Å². The summed E-state index contributed by atoms with van der Waals surface area (Å²) in [5.74, 6) is 0.546. The number of nitriles is 1. The molecule has 0 aliphatic rings. The number of nitrogens with one attached hydrogen (secondary N) is 2. The zero-order valence-electron chi connectivity index (χ0n) is 13.8. The first kappa shape index (κ1) is 17.4. The summed E-state index contributed by atoms with van der Waals surface area (Å²) in [6.45, 7) is 1.70. The second-order valence-electron chi connectivity index (χ2n) is 5.43. The minimum absolute atomic E-state index is 0.219. The highest BCUT2D eigenvalue weighted by molar-refractivity contribution is 6.33. The van der Waals surface area contributed by atoms with Crippen LogP contribution >= 0.6 is 11.6 Å². The number of amides is 1. The van der Waals surface area contributed by atoms with Crippen molar-refractivity contribution in [2.45, 2.75) is 6.92 Å². The number of carbonyl (C=O) groups excluding carboxylic acids is 1. The van der Waals surface area contributed by atoms with Crippen LogP contribution in [0.3, 0.4) is 0 Å². The van der Waals surface area contributed by atoms with Gasteiger partial charge in [0.1, 0.15) is 17.3 Å². The van der Waals surface area contributed by atoms with Crippen LogP contribution in [0.5, 0.6) is 0 Å². The Kier molecular flexibility index (Phi) is 5.11. The molecule has 0 bridgehead atoms. The molecule has 2 aromatic carbocycles. The Morgan fingerprint density at radius 2 is 1.85 bits per heavy atom. The van der Waals surface area contributed by atoms with Crippen LogP contribution in [0.4, 0.5) is 17.2 Å². The Hall–Kier alpha value is -3.43. The molecule has 1 amide bonds. The maximum absolute atomic E-state index is 12.5. The highest BCUT2D eigenvalue weighted by Crippen LogP contribution is 2.24. The third-order valence-electron chi connectivity index (χ3n) is 3.48. The van der Waals surface area contributed by atoms with Gasteiger partial charge in [0, 0.05) is 11.8 Å². The third kappa shape index (κ3) is 4.15. The molecule has 0 unspecified atom stereocenters. The Labute approximate surface area is 155 Å². The van der Waals surface area contributed by atoms with Gasteiger partial charge >= 0.3 is 0 Å². The molecule has 0 saturated carbocycles. The zero-order chi connectivity index (χ0) is 18.5. The van der Waals surface area contributed by atoms with Crippen LogP contribution in [-0.2, 0) is 0 Å². The maximum Gasteiger partial charge on any atom is 0.274 e. The van der Waals surface area contributed by atoms with Gasteiger partial charge in [-0.1, -0.05) is 23.7 Å². The number of aromatic nitrogens is 2. The van der Waals surface area contributed by atoms with Crippen LogP contribution in [-0.4, -0.2) is 15.9 Å². The van der Waals surface area contributed by atoms with Gasteiger partial charge < -0.3 is 10.6 Å². The molecule has 0 spiro atoms. The molecule has 0 aliphatic carbocycles. The predicted molar refractivity (Wildman–Crippen MR) is 101 cm³/mol. The van der Waals surface area contributed by atoms with Crippen molar-refractivity contribution in [3.05, 3.63) is 76.7 Å². The predicted octanol–water partition coefficient (Wildman–Crippen LogP) is 4.31. The van der Waals surface area contributed by atoms with E-state index in [1.807, 2.05) is 24.3 Å². The van der Waals surface area contributed by atoms with Crippen LogP contribution in [0.1, 0.15) is 21.9 Å². The fourth-order valence-corrected chi connectivity index (χ4v) is 2.45. The van der Waals surface area contributed by atoms with Crippen molar-refractivity contribution in [3.63, 3.8) is 0 Å². The first-order valence-corrected chi connectivity index (χ1v) is 8.12. The lowest BCUT2D eigenvalue weighted by atomic mass is 10.2. The minimum Gasteiger partial charge on any atom is -0.339 e. The van der Waals surface area contributed by atoms with Crippen molar-refractivity contribution in [1.82, 2.24) is 9.97 Å². The molecule has 0 fully saturated rings. The Morgan fingerprint density at radius 3 is 2.54 bits per heavy atom. The van der Waals surface area contributed by atoms with Crippen LogP contribution in [0.15, 0.2) is 54.6 Å². The Morgan fingerprint density at radius 1 is 1.12 bits per heavy atom. The number of halogens is 1. The number of aryl methyl sites for hydroxylation is 1. The van der Waals surface area contributed by atoms with Crippen molar-refractivity contribution < 1.29 is 4.79 Å². The lowest BCUT2D eigenvalue weighted by molar-refractivity contribution is 0.102. The second-order valence-corrected chi connectivity index (χ2v) is 5.84. The van der Waals surface area contributed by atoms with Gasteiger partial charge in [0.15, 0.2) is 0 Å². The SMILES string of the molecule is Cc1nc(Nc2ccccc2Cl)cc(C(=O)Nc2ccc(C#N)cc2)n1. The maximum atomic E-state index is 12.5. The number of carbonyl (C=O) groups is 1. The van der Waals surface area contributed by atoms with E-state index in [9.17, 15) is 4.79 Å². The van der Waals surface area contributed by atoms with Gasteiger partial charge in [-0.15, -0.1) is 0 Å². The van der Waals surface area contributed by atoms with Gasteiger partial charge in [-0.2, -0.15) is 5.26 Å². The molecule has 3 rings (SSSR count). The first-order valence-electron chi connectivity index (χ1n) is 7.74. The summed E-state index contributed by atoms with van der Waals surface area (Å²) in [6.07, 6.45) is 0. The summed E-state index contributed by atoms with van der Waals surface area (Å²) < 4.78 is 0. The number of hydrogen-bond acceptors (Lipinski definition) is 5. The number of para-hydroxylation sites is 1. The molecule has 0 aliphatic heterocycles. The molecular formula is C19H14ClN5O. The number of anilines is 3. The monoisotopic (exact) mass is 363 g/mol. The van der Waals surface area contributed by atoms with E-state index < -0.39 is 0 Å². The van der Waals surface area contributed by atoms with Crippen molar-refractivity contribution in [2.75, 3.05) is 10.6 Å². The molecule has 0 saturated heterocycles. The van der Waals surface area contributed by atoms with Crippen LogP contribution in [0, 0.1) is 18.3 Å². The van der Waals surface area contributed by atoms with Crippen LogP contribution < -0.4 is 10.6 Å². The third-order valence-corrected chi connectivity index (χ3v) is 3.81. The average Bonchev–Trinajstić information content (AvgIpc) is 2.64. The summed E-state index contributed by atoms with van der Waals surface area (Å²) in [6, 6.07) is 17.4. The first-order chi connectivity index (χ1) is 12.5. The molecule has 6 nitrogen and oxygen atoms in total. The number of nitrogens with zero attached hydrogens (tertiary/aromatic N) is 3. The highest BCUT2D eigenvalue weighted by atomic mass is 35.5. The van der Waals surface area contributed by atoms with E-state index in [1.165, 1.54) is 0 Å². The Balaban J connectivity index is 1.81. The largest absolute Gasteiger partial charge is 0.339 e. The molecule has 26 heavy (non-hydrogen) atoms. The number of rotatable bonds is 4. The summed E-state index contributed by atoms with van der Waals surface area (Å²) in [5, 5.41) is 15.2. The van der Waals surface area contributed by atoms with E-state index in [2.05, 4.69) is 20.6 Å². The summed E-state index contributed by atoms with van der Waals surface area (Å²) in [7, 11) is 0. The highest BCUT2D eigenvalue weighted by Gasteiger charge is 2.12. The molecular weight excluding hydrogens is 350 g/mol. The molecule has 7 heteroatoms. The molecule has 0 atom stereocenters. The summed E-state index contributed by atoms with van der Waals surface area (Å²) in [4.78, 5) is 20.9. The molecule has 3 aromatic rings. The van der Waals surface area contributed by atoms with Crippen molar-refractivity contribution >= 4 is 34.7 Å². The molecule has 128 valence electrons. The Bertz CT molecular complexity index is 996. The van der Waals surface area contributed by atoms with Gasteiger partial charge in [0.2, 0.25) is 0 Å². The fraction of sp³-hybridized carbons (Fsp3) is 0.0526. The van der Waals surface area contributed by atoms with E-state index in [1.54, 1.807) is 43.3 Å². The van der Waals surface area contributed by atoms with Crippen LogP contribution in [0.25, 0.3) is 0 Å². The van der Waals surface area contributed by atoms with Gasteiger partial charge in [-0.05, 0) is 43.3 Å². The lowest BCUT2D eigenvalue weighted by Gasteiger charge is -2.10. The quantitative estimate of drug-likeness (QED) is 0.720. The summed E-state index contributed by atoms with van der Waals surface area (Å²) in [5.41, 5.74) is 2.00. The van der Waals surface area contributed by atoms with E-state index in [0.717, 1.165) is 0 Å². The van der Waals surface area contributed by atoms with E-state index >= 15 is 0 Å².